The first-order valence-corrected chi connectivity index (χ1v) is 5.90. The monoisotopic (exact) mass is 242 g/mol. The van der Waals surface area contributed by atoms with E-state index in [9.17, 15) is 10.2 Å². The molecule has 3 heteroatoms. The molecule has 3 rings (SSSR count). The zero-order chi connectivity index (χ0) is 12.9. The number of ether oxygens (including phenoxy) is 1. The predicted molar refractivity (Wildman–Crippen MR) is 69.0 cm³/mol. The quantitative estimate of drug-likeness (QED) is 0.743. The highest BCUT2D eigenvalue weighted by molar-refractivity contribution is 5.78. The van der Waals surface area contributed by atoms with Crippen molar-refractivity contribution in [2.45, 2.75) is 20.0 Å². The van der Waals surface area contributed by atoms with Gasteiger partial charge in [-0.05, 0) is 43.2 Å². The van der Waals surface area contributed by atoms with Gasteiger partial charge < -0.3 is 14.9 Å². The van der Waals surface area contributed by atoms with Crippen LogP contribution in [0.3, 0.4) is 0 Å². The first-order chi connectivity index (χ1) is 8.56. The average Bonchev–Trinajstić information content (AvgIpc) is 2.32. The van der Waals surface area contributed by atoms with E-state index in [2.05, 4.69) is 0 Å². The van der Waals surface area contributed by atoms with Crippen molar-refractivity contribution in [3.05, 3.63) is 41.5 Å². The maximum absolute atomic E-state index is 9.73. The molecular formula is C15H14O3. The van der Waals surface area contributed by atoms with Crippen molar-refractivity contribution in [2.75, 3.05) is 0 Å². The summed E-state index contributed by atoms with van der Waals surface area (Å²) in [5.41, 5.74) is 3.78. The Labute approximate surface area is 105 Å². The normalized spacial score (nSPS) is 16.7. The number of aryl methyl sites for hydroxylation is 1. The molecule has 92 valence electrons. The molecule has 0 saturated heterocycles. The minimum atomic E-state index is -0.137. The van der Waals surface area contributed by atoms with Crippen LogP contribution in [-0.4, -0.2) is 10.2 Å². The Morgan fingerprint density at radius 3 is 2.61 bits per heavy atom. The number of hydrogen-bond donors (Lipinski definition) is 2. The third kappa shape index (κ3) is 1.51. The number of phenols is 2. The lowest BCUT2D eigenvalue weighted by Crippen LogP contribution is -2.10. The van der Waals surface area contributed by atoms with E-state index in [4.69, 9.17) is 4.74 Å². The van der Waals surface area contributed by atoms with Gasteiger partial charge in [0.15, 0.2) is 0 Å². The molecule has 0 saturated carbocycles. The Kier molecular flexibility index (Phi) is 2.23. The molecule has 0 fully saturated rings. The largest absolute Gasteiger partial charge is 0.508 e. The molecule has 2 aromatic rings. The second kappa shape index (κ2) is 3.67. The highest BCUT2D eigenvalue weighted by Crippen LogP contribution is 2.45. The van der Waals surface area contributed by atoms with Crippen molar-refractivity contribution >= 4 is 0 Å². The van der Waals surface area contributed by atoms with E-state index < -0.39 is 0 Å². The van der Waals surface area contributed by atoms with Gasteiger partial charge >= 0.3 is 0 Å². The van der Waals surface area contributed by atoms with Crippen LogP contribution in [0.25, 0.3) is 11.1 Å². The van der Waals surface area contributed by atoms with Crippen LogP contribution in [0.2, 0.25) is 0 Å². The Hall–Kier alpha value is -2.16. The van der Waals surface area contributed by atoms with Gasteiger partial charge in [-0.25, -0.2) is 0 Å². The van der Waals surface area contributed by atoms with Gasteiger partial charge in [0, 0.05) is 17.2 Å². The van der Waals surface area contributed by atoms with Gasteiger partial charge in [-0.15, -0.1) is 0 Å². The average molecular weight is 242 g/mol. The third-order valence-corrected chi connectivity index (χ3v) is 3.37. The molecular weight excluding hydrogens is 228 g/mol. The molecule has 0 aromatic heterocycles. The summed E-state index contributed by atoms with van der Waals surface area (Å²) in [6.45, 7) is 3.78. The van der Waals surface area contributed by atoms with Crippen LogP contribution >= 0.6 is 0 Å². The molecule has 2 aromatic carbocycles. The highest BCUT2D eigenvalue weighted by Gasteiger charge is 2.24. The number of benzene rings is 2. The highest BCUT2D eigenvalue weighted by atomic mass is 16.5. The van der Waals surface area contributed by atoms with Crippen LogP contribution in [0.15, 0.2) is 30.3 Å². The zero-order valence-corrected chi connectivity index (χ0v) is 10.3. The van der Waals surface area contributed by atoms with Gasteiger partial charge in [-0.1, -0.05) is 6.07 Å². The molecule has 1 aliphatic rings. The Balaban J connectivity index is 2.28. The van der Waals surface area contributed by atoms with E-state index in [0.29, 0.717) is 5.75 Å². The fourth-order valence-electron chi connectivity index (χ4n) is 2.37. The lowest BCUT2D eigenvalue weighted by atomic mass is 9.92. The summed E-state index contributed by atoms with van der Waals surface area (Å²) >= 11 is 0. The molecule has 1 heterocycles. The molecule has 18 heavy (non-hydrogen) atoms. The summed E-state index contributed by atoms with van der Waals surface area (Å²) in [4.78, 5) is 0. The summed E-state index contributed by atoms with van der Waals surface area (Å²) in [6, 6.07) is 8.84. The van der Waals surface area contributed by atoms with Crippen LogP contribution in [0.4, 0.5) is 0 Å². The minimum Gasteiger partial charge on any atom is -0.508 e. The number of fused-ring (bicyclic) bond motifs is 3. The van der Waals surface area contributed by atoms with Crippen LogP contribution in [0.1, 0.15) is 24.2 Å². The van der Waals surface area contributed by atoms with Gasteiger partial charge in [0.05, 0.1) is 0 Å². The van der Waals surface area contributed by atoms with Crippen LogP contribution in [0.5, 0.6) is 17.2 Å². The van der Waals surface area contributed by atoms with Crippen molar-refractivity contribution in [2.24, 2.45) is 0 Å². The number of aromatic hydroxyl groups is 2. The Morgan fingerprint density at radius 1 is 1.06 bits per heavy atom. The number of phenolic OH excluding ortho intramolecular Hbond substituents is 2. The third-order valence-electron chi connectivity index (χ3n) is 3.37. The van der Waals surface area contributed by atoms with Crippen molar-refractivity contribution < 1.29 is 14.9 Å². The second-order valence-electron chi connectivity index (χ2n) is 4.67. The fourth-order valence-corrected chi connectivity index (χ4v) is 2.37. The van der Waals surface area contributed by atoms with Gasteiger partial charge in [0.2, 0.25) is 0 Å². The first kappa shape index (κ1) is 11.0. The first-order valence-electron chi connectivity index (χ1n) is 5.90. The molecule has 1 unspecified atom stereocenters. The topological polar surface area (TPSA) is 49.7 Å². The molecule has 0 amide bonds. The Bertz CT molecular complexity index is 632. The lowest BCUT2D eigenvalue weighted by molar-refractivity contribution is 0.222. The number of hydrogen-bond acceptors (Lipinski definition) is 3. The van der Waals surface area contributed by atoms with E-state index in [1.54, 1.807) is 18.2 Å². The van der Waals surface area contributed by atoms with E-state index in [-0.39, 0.29) is 17.6 Å². The van der Waals surface area contributed by atoms with E-state index >= 15 is 0 Å². The standard InChI is InChI=1S/C15H14O3/c1-8-5-13-11-4-3-10(16)6-12(11)9(2)18-15(13)7-14(8)17/h3-7,9,16-17H,1-2H3. The smallest absolute Gasteiger partial charge is 0.131 e. The van der Waals surface area contributed by atoms with Gasteiger partial charge in [0.25, 0.3) is 0 Å². The van der Waals surface area contributed by atoms with Gasteiger partial charge in [-0.2, -0.15) is 0 Å². The van der Waals surface area contributed by atoms with Crippen molar-refractivity contribution in [1.82, 2.24) is 0 Å². The summed E-state index contributed by atoms with van der Waals surface area (Å²) in [5, 5.41) is 19.3. The van der Waals surface area contributed by atoms with Gasteiger partial charge in [-0.3, -0.25) is 0 Å². The van der Waals surface area contributed by atoms with Crippen molar-refractivity contribution in [3.8, 4) is 28.4 Å². The fraction of sp³-hybridized carbons (Fsp3) is 0.200. The molecule has 0 bridgehead atoms. The van der Waals surface area contributed by atoms with Gasteiger partial charge in [0.1, 0.15) is 23.4 Å². The molecule has 1 aliphatic heterocycles. The van der Waals surface area contributed by atoms with Crippen molar-refractivity contribution in [3.63, 3.8) is 0 Å². The maximum atomic E-state index is 9.73. The van der Waals surface area contributed by atoms with Crippen LogP contribution < -0.4 is 4.74 Å². The van der Waals surface area contributed by atoms with Crippen LogP contribution in [-0.2, 0) is 0 Å². The minimum absolute atomic E-state index is 0.137. The summed E-state index contributed by atoms with van der Waals surface area (Å²) in [6.07, 6.45) is -0.137. The number of rotatable bonds is 0. The molecule has 0 radical (unpaired) electrons. The summed E-state index contributed by atoms with van der Waals surface area (Å²) < 4.78 is 5.78. The molecule has 2 N–H and O–H groups in total. The van der Waals surface area contributed by atoms with E-state index in [0.717, 1.165) is 22.3 Å². The zero-order valence-electron chi connectivity index (χ0n) is 10.3. The molecule has 0 spiro atoms. The molecule has 0 aliphatic carbocycles. The maximum Gasteiger partial charge on any atom is 0.131 e. The summed E-state index contributed by atoms with van der Waals surface area (Å²) in [7, 11) is 0. The lowest BCUT2D eigenvalue weighted by Gasteiger charge is -2.27. The Morgan fingerprint density at radius 2 is 1.83 bits per heavy atom. The van der Waals surface area contributed by atoms with E-state index in [1.807, 2.05) is 26.0 Å². The van der Waals surface area contributed by atoms with Crippen molar-refractivity contribution in [1.29, 1.82) is 0 Å². The predicted octanol–water partition coefficient (Wildman–Crippen LogP) is 3.53. The van der Waals surface area contributed by atoms with E-state index in [1.165, 1.54) is 0 Å². The van der Waals surface area contributed by atoms with Crippen LogP contribution in [0, 0.1) is 6.92 Å². The summed E-state index contributed by atoms with van der Waals surface area (Å²) in [5.74, 6) is 1.16. The SMILES string of the molecule is Cc1cc2c(cc1O)OC(C)c1cc(O)ccc1-2. The molecule has 1 atom stereocenters. The second-order valence-corrected chi connectivity index (χ2v) is 4.67. The molecule has 3 nitrogen and oxygen atoms in total.